The van der Waals surface area contributed by atoms with Crippen LogP contribution < -0.4 is 4.90 Å². The van der Waals surface area contributed by atoms with Crippen molar-refractivity contribution in [2.24, 2.45) is 5.92 Å². The molecule has 1 fully saturated rings. The van der Waals surface area contributed by atoms with Crippen molar-refractivity contribution in [2.75, 3.05) is 24.5 Å². The van der Waals surface area contributed by atoms with Gasteiger partial charge in [-0.3, -0.25) is 4.79 Å². The molecule has 0 bridgehead atoms. The highest BCUT2D eigenvalue weighted by Crippen LogP contribution is 2.26. The molecule has 4 rings (SSSR count). The number of carbonyl (C=O) groups excluding carboxylic acids is 1. The van der Waals surface area contributed by atoms with Crippen LogP contribution in [0.5, 0.6) is 0 Å². The monoisotopic (exact) mass is 450 g/mol. The molecule has 1 aliphatic heterocycles. The molecule has 1 atom stereocenters. The molecule has 0 radical (unpaired) electrons. The van der Waals surface area contributed by atoms with E-state index >= 15 is 0 Å². The van der Waals surface area contributed by atoms with Crippen molar-refractivity contribution in [2.45, 2.75) is 26.3 Å². The number of rotatable bonds is 7. The highest BCUT2D eigenvalue weighted by atomic mass is 35.5. The van der Waals surface area contributed by atoms with E-state index in [1.807, 2.05) is 12.1 Å². The summed E-state index contributed by atoms with van der Waals surface area (Å²) in [5.41, 5.74) is 3.20. The normalized spacial score (nSPS) is 16.1. The first-order valence-corrected chi connectivity index (χ1v) is 11.2. The van der Waals surface area contributed by atoms with Gasteiger partial charge in [0, 0.05) is 35.9 Å². The van der Waals surface area contributed by atoms with E-state index in [-0.39, 0.29) is 18.4 Å². The number of nitrogens with zero attached hydrogens (tertiary/aromatic N) is 4. The maximum atomic E-state index is 13.4. The van der Waals surface area contributed by atoms with Crippen LogP contribution in [0.4, 0.5) is 5.69 Å². The average Bonchev–Trinajstić information content (AvgIpc) is 3.28. The van der Waals surface area contributed by atoms with E-state index in [2.05, 4.69) is 52.8 Å². The predicted molar refractivity (Wildman–Crippen MR) is 126 cm³/mol. The summed E-state index contributed by atoms with van der Waals surface area (Å²) in [5.74, 6) is 0.888. The van der Waals surface area contributed by atoms with Gasteiger partial charge in [0.05, 0.1) is 5.92 Å². The fraction of sp³-hybridized carbons (Fsp3) is 0.320. The Kier molecular flexibility index (Phi) is 6.90. The maximum absolute atomic E-state index is 13.4. The first-order chi connectivity index (χ1) is 15.5. The van der Waals surface area contributed by atoms with Gasteiger partial charge in [-0.2, -0.15) is 4.98 Å². The molecule has 0 unspecified atom stereocenters. The van der Waals surface area contributed by atoms with Gasteiger partial charge < -0.3 is 14.3 Å². The molecule has 0 saturated carbocycles. The fourth-order valence-electron chi connectivity index (χ4n) is 4.01. The van der Waals surface area contributed by atoms with Gasteiger partial charge in [0.2, 0.25) is 17.6 Å². The first-order valence-electron chi connectivity index (χ1n) is 10.8. The Morgan fingerprint density at radius 1 is 1.25 bits per heavy atom. The minimum absolute atomic E-state index is 0.0799. The van der Waals surface area contributed by atoms with E-state index in [1.165, 1.54) is 5.56 Å². The van der Waals surface area contributed by atoms with Crippen molar-refractivity contribution in [3.63, 3.8) is 0 Å². The Labute approximate surface area is 193 Å². The second-order valence-corrected chi connectivity index (χ2v) is 8.58. The summed E-state index contributed by atoms with van der Waals surface area (Å²) >= 11 is 5.95. The second-order valence-electron chi connectivity index (χ2n) is 8.15. The van der Waals surface area contributed by atoms with Gasteiger partial charge in [-0.25, -0.2) is 0 Å². The van der Waals surface area contributed by atoms with E-state index in [1.54, 1.807) is 23.1 Å². The van der Waals surface area contributed by atoms with Crippen LogP contribution >= 0.6 is 11.6 Å². The van der Waals surface area contributed by atoms with Crippen molar-refractivity contribution in [3.05, 3.63) is 77.7 Å². The number of benzene rings is 2. The molecule has 0 spiro atoms. The number of piperidine rings is 1. The molecule has 0 N–H and O–H groups in total. The summed E-state index contributed by atoms with van der Waals surface area (Å²) in [6, 6.07) is 15.7. The van der Waals surface area contributed by atoms with E-state index in [9.17, 15) is 4.79 Å². The smallest absolute Gasteiger partial charge is 0.246 e. The van der Waals surface area contributed by atoms with E-state index in [0.29, 0.717) is 29.8 Å². The van der Waals surface area contributed by atoms with Gasteiger partial charge in [0.1, 0.15) is 6.54 Å². The number of aromatic nitrogens is 2. The molecular weight excluding hydrogens is 424 g/mol. The topological polar surface area (TPSA) is 62.5 Å². The highest BCUT2D eigenvalue weighted by Gasteiger charge is 2.30. The van der Waals surface area contributed by atoms with Crippen LogP contribution in [0.15, 0.2) is 65.7 Å². The van der Waals surface area contributed by atoms with Gasteiger partial charge in [-0.05, 0) is 56.2 Å². The summed E-state index contributed by atoms with van der Waals surface area (Å²) in [7, 11) is 0. The summed E-state index contributed by atoms with van der Waals surface area (Å²) in [6.07, 6.45) is 3.58. The molecule has 2 heterocycles. The third-order valence-electron chi connectivity index (χ3n) is 5.73. The first kappa shape index (κ1) is 22.1. The van der Waals surface area contributed by atoms with Gasteiger partial charge in [0.15, 0.2) is 0 Å². The number of anilines is 1. The van der Waals surface area contributed by atoms with E-state index in [0.717, 1.165) is 30.6 Å². The van der Waals surface area contributed by atoms with E-state index in [4.69, 9.17) is 16.1 Å². The Balaban J connectivity index is 1.45. The lowest BCUT2D eigenvalue weighted by Gasteiger charge is -2.35. The molecule has 3 aromatic rings. The van der Waals surface area contributed by atoms with Gasteiger partial charge in [-0.1, -0.05) is 40.5 Å². The van der Waals surface area contributed by atoms with Gasteiger partial charge >= 0.3 is 0 Å². The molecule has 1 saturated heterocycles. The Bertz CT molecular complexity index is 1060. The highest BCUT2D eigenvalue weighted by molar-refractivity contribution is 6.30. The van der Waals surface area contributed by atoms with E-state index < -0.39 is 0 Å². The van der Waals surface area contributed by atoms with Crippen LogP contribution in [0.2, 0.25) is 5.02 Å². The zero-order chi connectivity index (χ0) is 22.5. The van der Waals surface area contributed by atoms with Crippen molar-refractivity contribution in [3.8, 4) is 11.4 Å². The minimum atomic E-state index is -0.0799. The van der Waals surface area contributed by atoms with Gasteiger partial charge in [-0.15, -0.1) is 6.58 Å². The molecular formula is C25H27ClN4O2. The molecule has 7 heteroatoms. The fourth-order valence-corrected chi connectivity index (χ4v) is 4.14. The van der Waals surface area contributed by atoms with Crippen LogP contribution in [-0.2, 0) is 11.3 Å². The third-order valence-corrected chi connectivity index (χ3v) is 5.98. The van der Waals surface area contributed by atoms with Crippen molar-refractivity contribution in [1.82, 2.24) is 15.0 Å². The number of hydrogen-bond acceptors (Lipinski definition) is 5. The largest absolute Gasteiger partial charge is 0.371 e. The molecule has 32 heavy (non-hydrogen) atoms. The minimum Gasteiger partial charge on any atom is -0.371 e. The maximum Gasteiger partial charge on any atom is 0.246 e. The molecule has 6 nitrogen and oxygen atoms in total. The Morgan fingerprint density at radius 2 is 2.00 bits per heavy atom. The second kappa shape index (κ2) is 10.0. The van der Waals surface area contributed by atoms with Crippen LogP contribution in [0.25, 0.3) is 11.4 Å². The molecule has 1 aliphatic rings. The number of amides is 1. The summed E-state index contributed by atoms with van der Waals surface area (Å²) in [5, 5.41) is 4.70. The molecule has 2 aromatic carbocycles. The zero-order valence-corrected chi connectivity index (χ0v) is 19.0. The van der Waals surface area contributed by atoms with Crippen LogP contribution in [-0.4, -0.2) is 40.6 Å². The molecule has 1 aromatic heterocycles. The summed E-state index contributed by atoms with van der Waals surface area (Å²) in [6.45, 7) is 8.25. The van der Waals surface area contributed by atoms with Gasteiger partial charge in [0.25, 0.3) is 0 Å². The number of carbonyl (C=O) groups is 1. The number of hydrogen-bond donors (Lipinski definition) is 0. The predicted octanol–water partition coefficient (Wildman–Crippen LogP) is 5.13. The Morgan fingerprint density at radius 3 is 2.72 bits per heavy atom. The van der Waals surface area contributed by atoms with Crippen LogP contribution in [0, 0.1) is 12.8 Å². The molecule has 0 aliphatic carbocycles. The third kappa shape index (κ3) is 5.19. The quantitative estimate of drug-likeness (QED) is 0.467. The zero-order valence-electron chi connectivity index (χ0n) is 18.2. The standard InChI is InChI=1S/C25H27ClN4O2/c1-3-14-30(17-23-27-24(28-32-23)19-8-10-21(26)11-9-19)25(31)20-5-4-15-29(16-20)22-12-6-18(2)7-13-22/h3,6-13,20H,1,4-5,14-17H2,2H3/t20-/m1/s1. The Hall–Kier alpha value is -3.12. The number of halogens is 1. The summed E-state index contributed by atoms with van der Waals surface area (Å²) in [4.78, 5) is 21.9. The summed E-state index contributed by atoms with van der Waals surface area (Å²) < 4.78 is 5.43. The lowest BCUT2D eigenvalue weighted by Crippen LogP contribution is -2.44. The van der Waals surface area contributed by atoms with Crippen molar-refractivity contribution >= 4 is 23.2 Å². The molecule has 1 amide bonds. The SMILES string of the molecule is C=CCN(Cc1nc(-c2ccc(Cl)cc2)no1)C(=O)[C@@H]1CCCN(c2ccc(C)cc2)C1. The van der Waals surface area contributed by atoms with Crippen LogP contribution in [0.1, 0.15) is 24.3 Å². The molecule has 166 valence electrons. The lowest BCUT2D eigenvalue weighted by atomic mass is 9.95. The number of aryl methyl sites for hydroxylation is 1. The van der Waals surface area contributed by atoms with Crippen LogP contribution in [0.3, 0.4) is 0 Å². The lowest BCUT2D eigenvalue weighted by molar-refractivity contribution is -0.136. The van der Waals surface area contributed by atoms with Crippen molar-refractivity contribution < 1.29 is 9.32 Å². The average molecular weight is 451 g/mol. The van der Waals surface area contributed by atoms with Crippen molar-refractivity contribution in [1.29, 1.82) is 0 Å².